The van der Waals surface area contributed by atoms with Crippen LogP contribution >= 0.6 is 15.9 Å². The van der Waals surface area contributed by atoms with Crippen molar-refractivity contribution in [3.63, 3.8) is 0 Å². The molecule has 0 fully saturated rings. The van der Waals surface area contributed by atoms with Gasteiger partial charge in [0.1, 0.15) is 5.82 Å². The average Bonchev–Trinajstić information content (AvgIpc) is 2.76. The van der Waals surface area contributed by atoms with E-state index in [4.69, 9.17) is 5.73 Å². The molecule has 20 heavy (non-hydrogen) atoms. The molecule has 3 N–H and O–H groups in total. The van der Waals surface area contributed by atoms with Gasteiger partial charge in [-0.1, -0.05) is 0 Å². The van der Waals surface area contributed by atoms with Gasteiger partial charge in [-0.2, -0.15) is 8.42 Å². The molecule has 0 saturated carbocycles. The summed E-state index contributed by atoms with van der Waals surface area (Å²) in [7, 11) is -3.73. The molecule has 0 spiro atoms. The molecule has 2 aromatic rings. The molecule has 6 nitrogen and oxygen atoms in total. The van der Waals surface area contributed by atoms with E-state index in [0.29, 0.717) is 28.2 Å². The van der Waals surface area contributed by atoms with Crippen molar-refractivity contribution in [2.75, 3.05) is 10.5 Å². The Hall–Kier alpha value is -1.54. The molecule has 8 heteroatoms. The number of rotatable bonds is 4. The SMILES string of the molecule is CCn1cc(S(=O)(=O)Nc2cc(N)ccc2Br)nc1C. The first kappa shape index (κ1) is 14.9. The molecule has 0 radical (unpaired) electrons. The number of anilines is 2. The van der Waals surface area contributed by atoms with Crippen LogP contribution in [-0.4, -0.2) is 18.0 Å². The lowest BCUT2D eigenvalue weighted by Crippen LogP contribution is -2.14. The minimum Gasteiger partial charge on any atom is -0.399 e. The number of imidazole rings is 1. The summed E-state index contributed by atoms with van der Waals surface area (Å²) in [6.45, 7) is 4.35. The van der Waals surface area contributed by atoms with Crippen molar-refractivity contribution in [3.05, 3.63) is 34.7 Å². The number of aromatic nitrogens is 2. The van der Waals surface area contributed by atoms with E-state index in [1.54, 1.807) is 29.7 Å². The fourth-order valence-electron chi connectivity index (χ4n) is 1.75. The first-order valence-corrected chi connectivity index (χ1v) is 8.22. The second kappa shape index (κ2) is 5.45. The molecule has 0 atom stereocenters. The van der Waals surface area contributed by atoms with Gasteiger partial charge >= 0.3 is 0 Å². The van der Waals surface area contributed by atoms with Crippen molar-refractivity contribution in [2.24, 2.45) is 0 Å². The molecule has 0 amide bonds. The van der Waals surface area contributed by atoms with Crippen molar-refractivity contribution in [3.8, 4) is 0 Å². The maximum Gasteiger partial charge on any atom is 0.280 e. The largest absolute Gasteiger partial charge is 0.399 e. The van der Waals surface area contributed by atoms with E-state index in [0.717, 1.165) is 0 Å². The van der Waals surface area contributed by atoms with Crippen LogP contribution in [0.25, 0.3) is 0 Å². The summed E-state index contributed by atoms with van der Waals surface area (Å²) in [5.74, 6) is 0.652. The molecule has 0 saturated heterocycles. The minimum atomic E-state index is -3.73. The van der Waals surface area contributed by atoms with Crippen LogP contribution in [0.1, 0.15) is 12.7 Å². The fraction of sp³-hybridized carbons (Fsp3) is 0.250. The van der Waals surface area contributed by atoms with Crippen LogP contribution in [0.2, 0.25) is 0 Å². The van der Waals surface area contributed by atoms with Crippen LogP contribution in [0.4, 0.5) is 11.4 Å². The lowest BCUT2D eigenvalue weighted by molar-refractivity contribution is 0.598. The maximum absolute atomic E-state index is 12.3. The molecule has 1 heterocycles. The number of aryl methyl sites for hydroxylation is 2. The number of hydrogen-bond acceptors (Lipinski definition) is 4. The van der Waals surface area contributed by atoms with Crippen LogP contribution in [-0.2, 0) is 16.6 Å². The highest BCUT2D eigenvalue weighted by molar-refractivity contribution is 9.10. The monoisotopic (exact) mass is 358 g/mol. The Kier molecular flexibility index (Phi) is 4.05. The van der Waals surface area contributed by atoms with E-state index in [2.05, 4.69) is 25.6 Å². The molecule has 108 valence electrons. The van der Waals surface area contributed by atoms with Crippen LogP contribution in [0.15, 0.2) is 33.9 Å². The van der Waals surface area contributed by atoms with E-state index in [-0.39, 0.29) is 5.03 Å². The van der Waals surface area contributed by atoms with Gasteiger partial charge < -0.3 is 10.3 Å². The van der Waals surface area contributed by atoms with Crippen molar-refractivity contribution in [1.82, 2.24) is 9.55 Å². The number of hydrogen-bond donors (Lipinski definition) is 2. The van der Waals surface area contributed by atoms with Gasteiger partial charge in [0.05, 0.1) is 5.69 Å². The summed E-state index contributed by atoms with van der Waals surface area (Å²) < 4.78 is 29.5. The van der Waals surface area contributed by atoms with Gasteiger partial charge in [-0.3, -0.25) is 4.72 Å². The van der Waals surface area contributed by atoms with E-state index in [1.165, 1.54) is 6.20 Å². The molecule has 0 bridgehead atoms. The molecule has 0 aliphatic carbocycles. The van der Waals surface area contributed by atoms with Gasteiger partial charge in [-0.15, -0.1) is 0 Å². The highest BCUT2D eigenvalue weighted by Crippen LogP contribution is 2.27. The second-order valence-electron chi connectivity index (χ2n) is 4.26. The second-order valence-corrected chi connectivity index (χ2v) is 6.74. The Morgan fingerprint density at radius 2 is 2.15 bits per heavy atom. The van der Waals surface area contributed by atoms with Crippen LogP contribution in [0, 0.1) is 6.92 Å². The Balaban J connectivity index is 2.37. The summed E-state index contributed by atoms with van der Waals surface area (Å²) in [6, 6.07) is 4.91. The van der Waals surface area contributed by atoms with Crippen LogP contribution in [0.5, 0.6) is 0 Å². The molecule has 0 aliphatic heterocycles. The Labute approximate surface area is 126 Å². The smallest absolute Gasteiger partial charge is 0.280 e. The Morgan fingerprint density at radius 1 is 1.45 bits per heavy atom. The lowest BCUT2D eigenvalue weighted by atomic mass is 10.3. The third kappa shape index (κ3) is 2.96. The predicted molar refractivity (Wildman–Crippen MR) is 82.0 cm³/mol. The lowest BCUT2D eigenvalue weighted by Gasteiger charge is -2.08. The van der Waals surface area contributed by atoms with Crippen LogP contribution < -0.4 is 10.5 Å². The first-order valence-electron chi connectivity index (χ1n) is 5.95. The van der Waals surface area contributed by atoms with Gasteiger partial charge in [0.15, 0.2) is 5.03 Å². The topological polar surface area (TPSA) is 90.0 Å². The normalized spacial score (nSPS) is 11.6. The number of sulfonamides is 1. The summed E-state index contributed by atoms with van der Waals surface area (Å²) in [5.41, 5.74) is 6.52. The summed E-state index contributed by atoms with van der Waals surface area (Å²) in [5, 5.41) is -0.00817. The quantitative estimate of drug-likeness (QED) is 0.820. The van der Waals surface area contributed by atoms with E-state index in [9.17, 15) is 8.42 Å². The third-order valence-corrected chi connectivity index (χ3v) is 4.73. The fourth-order valence-corrected chi connectivity index (χ4v) is 3.31. The van der Waals surface area contributed by atoms with Crippen molar-refractivity contribution in [1.29, 1.82) is 0 Å². The van der Waals surface area contributed by atoms with Gasteiger partial charge in [-0.25, -0.2) is 4.98 Å². The van der Waals surface area contributed by atoms with Gasteiger partial charge in [0.25, 0.3) is 10.0 Å². The molecule has 1 aromatic heterocycles. The Bertz CT molecular complexity index is 740. The van der Waals surface area contributed by atoms with E-state index < -0.39 is 10.0 Å². The first-order chi connectivity index (χ1) is 9.33. The highest BCUT2D eigenvalue weighted by Gasteiger charge is 2.20. The number of nitrogen functional groups attached to an aromatic ring is 1. The number of nitrogens with zero attached hydrogens (tertiary/aromatic N) is 2. The molecule has 2 rings (SSSR count). The number of nitrogens with two attached hydrogens (primary N) is 1. The number of benzene rings is 1. The zero-order valence-electron chi connectivity index (χ0n) is 11.1. The number of nitrogens with one attached hydrogen (secondary N) is 1. The third-order valence-electron chi connectivity index (χ3n) is 2.80. The van der Waals surface area contributed by atoms with E-state index in [1.807, 2.05) is 6.92 Å². The standard InChI is InChI=1S/C12H15BrN4O2S/c1-3-17-7-12(15-8(17)2)20(18,19)16-11-6-9(14)4-5-10(11)13/h4-7,16H,3,14H2,1-2H3. The predicted octanol–water partition coefficient (Wildman–Crippen LogP) is 2.36. The summed E-state index contributed by atoms with van der Waals surface area (Å²) in [4.78, 5) is 4.07. The van der Waals surface area contributed by atoms with Crippen molar-refractivity contribution in [2.45, 2.75) is 25.4 Å². The van der Waals surface area contributed by atoms with Crippen LogP contribution in [0.3, 0.4) is 0 Å². The molecule has 0 aliphatic rings. The van der Waals surface area contributed by atoms with Gasteiger partial charge in [0.2, 0.25) is 0 Å². The zero-order chi connectivity index (χ0) is 14.9. The number of halogens is 1. The Morgan fingerprint density at radius 3 is 2.75 bits per heavy atom. The van der Waals surface area contributed by atoms with E-state index >= 15 is 0 Å². The molecule has 0 unspecified atom stereocenters. The maximum atomic E-state index is 12.3. The summed E-state index contributed by atoms with van der Waals surface area (Å²) >= 11 is 3.28. The van der Waals surface area contributed by atoms with Crippen molar-refractivity contribution < 1.29 is 8.42 Å². The molecule has 1 aromatic carbocycles. The van der Waals surface area contributed by atoms with Gasteiger partial charge in [-0.05, 0) is 48.0 Å². The molecular weight excluding hydrogens is 344 g/mol. The average molecular weight is 359 g/mol. The van der Waals surface area contributed by atoms with Gasteiger partial charge in [0, 0.05) is 22.9 Å². The molecular formula is C12H15BrN4O2S. The summed E-state index contributed by atoms with van der Waals surface area (Å²) in [6.07, 6.45) is 1.51. The highest BCUT2D eigenvalue weighted by atomic mass is 79.9. The minimum absolute atomic E-state index is 0.00817. The van der Waals surface area contributed by atoms with Crippen molar-refractivity contribution >= 4 is 37.3 Å². The zero-order valence-corrected chi connectivity index (χ0v) is 13.5.